The predicted molar refractivity (Wildman–Crippen MR) is 92.4 cm³/mol. The number of ether oxygens (including phenoxy) is 1. The molecule has 0 atom stereocenters. The van der Waals surface area contributed by atoms with E-state index in [1.54, 1.807) is 0 Å². The maximum atomic E-state index is 13.9. The van der Waals surface area contributed by atoms with Gasteiger partial charge in [0.2, 0.25) is 0 Å². The highest BCUT2D eigenvalue weighted by molar-refractivity contribution is 6.30. The fourth-order valence-corrected chi connectivity index (χ4v) is 3.23. The first-order valence-corrected chi connectivity index (χ1v) is 8.90. The van der Waals surface area contributed by atoms with E-state index in [1.807, 2.05) is 0 Å². The minimum absolute atomic E-state index is 0.0564. The van der Waals surface area contributed by atoms with Crippen LogP contribution in [0.1, 0.15) is 22.3 Å². The van der Waals surface area contributed by atoms with Crippen LogP contribution in [0.15, 0.2) is 30.3 Å². The van der Waals surface area contributed by atoms with Crippen LogP contribution in [0.2, 0.25) is 5.02 Å². The summed E-state index contributed by atoms with van der Waals surface area (Å²) < 4.78 is 97.4. The first-order valence-electron chi connectivity index (χ1n) is 8.52. The minimum atomic E-state index is -5.09. The molecular formula is C19H13ClF7NO2. The molecule has 2 aromatic rings. The maximum absolute atomic E-state index is 13.9. The molecule has 30 heavy (non-hydrogen) atoms. The molecule has 0 radical (unpaired) electrons. The fourth-order valence-electron chi connectivity index (χ4n) is 3.07. The van der Waals surface area contributed by atoms with Crippen molar-refractivity contribution in [2.75, 3.05) is 6.54 Å². The van der Waals surface area contributed by atoms with Crippen molar-refractivity contribution in [3.8, 4) is 5.75 Å². The van der Waals surface area contributed by atoms with Crippen LogP contribution in [-0.2, 0) is 30.5 Å². The average molecular weight is 456 g/mol. The highest BCUT2D eigenvalue weighted by Gasteiger charge is 2.43. The number of benzene rings is 2. The van der Waals surface area contributed by atoms with Crippen LogP contribution < -0.4 is 4.74 Å². The Balaban J connectivity index is 1.91. The quantitative estimate of drug-likeness (QED) is 0.570. The topological polar surface area (TPSA) is 29.5 Å². The van der Waals surface area contributed by atoms with Crippen LogP contribution in [0.5, 0.6) is 5.75 Å². The minimum Gasteiger partial charge on any atom is -0.488 e. The van der Waals surface area contributed by atoms with Crippen molar-refractivity contribution in [2.45, 2.75) is 31.9 Å². The second-order valence-corrected chi connectivity index (χ2v) is 7.05. The summed E-state index contributed by atoms with van der Waals surface area (Å²) in [6, 6.07) is 5.28. The summed E-state index contributed by atoms with van der Waals surface area (Å²) in [5.41, 5.74) is -0.928. The summed E-state index contributed by atoms with van der Waals surface area (Å²) >= 11 is 5.63. The largest absolute Gasteiger partial charge is 0.488 e. The van der Waals surface area contributed by atoms with E-state index >= 15 is 0 Å². The molecule has 0 fully saturated rings. The van der Waals surface area contributed by atoms with E-state index in [1.165, 1.54) is 12.1 Å². The van der Waals surface area contributed by atoms with Crippen LogP contribution in [-0.4, -0.2) is 23.5 Å². The Labute approximate surface area is 171 Å². The zero-order chi connectivity index (χ0) is 22.3. The van der Waals surface area contributed by atoms with Crippen molar-refractivity contribution in [1.82, 2.24) is 4.90 Å². The maximum Gasteiger partial charge on any atom is 0.471 e. The predicted octanol–water partition coefficient (Wildman–Crippen LogP) is 5.52. The van der Waals surface area contributed by atoms with E-state index in [0.29, 0.717) is 4.90 Å². The third-order valence-corrected chi connectivity index (χ3v) is 4.78. The molecule has 0 bridgehead atoms. The Morgan fingerprint density at radius 1 is 1.07 bits per heavy atom. The Morgan fingerprint density at radius 3 is 2.37 bits per heavy atom. The van der Waals surface area contributed by atoms with Gasteiger partial charge in [0.25, 0.3) is 0 Å². The van der Waals surface area contributed by atoms with Gasteiger partial charge in [0.1, 0.15) is 18.2 Å². The van der Waals surface area contributed by atoms with Crippen molar-refractivity contribution >= 4 is 17.5 Å². The summed E-state index contributed by atoms with van der Waals surface area (Å²) in [6.45, 7) is -1.44. The molecule has 1 heterocycles. The monoisotopic (exact) mass is 455 g/mol. The van der Waals surface area contributed by atoms with Crippen molar-refractivity contribution in [3.05, 3.63) is 63.4 Å². The van der Waals surface area contributed by atoms with Crippen molar-refractivity contribution < 1.29 is 40.3 Å². The summed E-state index contributed by atoms with van der Waals surface area (Å²) in [6.07, 6.45) is -10.1. The van der Waals surface area contributed by atoms with E-state index in [-0.39, 0.29) is 34.7 Å². The molecule has 0 spiro atoms. The summed E-state index contributed by atoms with van der Waals surface area (Å²) in [5.74, 6) is -3.52. The molecule has 0 saturated heterocycles. The van der Waals surface area contributed by atoms with Crippen LogP contribution in [0.4, 0.5) is 30.7 Å². The number of carbonyl (C=O) groups is 1. The number of fused-ring (bicyclic) bond motifs is 1. The van der Waals surface area contributed by atoms with Gasteiger partial charge in [0, 0.05) is 23.7 Å². The van der Waals surface area contributed by atoms with Gasteiger partial charge in [-0.2, -0.15) is 26.3 Å². The second-order valence-electron chi connectivity index (χ2n) is 6.61. The number of rotatable bonds is 3. The van der Waals surface area contributed by atoms with Gasteiger partial charge in [-0.25, -0.2) is 4.39 Å². The zero-order valence-electron chi connectivity index (χ0n) is 15.0. The molecule has 1 aliphatic heterocycles. The van der Waals surface area contributed by atoms with Crippen LogP contribution >= 0.6 is 11.6 Å². The Morgan fingerprint density at radius 2 is 1.77 bits per heavy atom. The van der Waals surface area contributed by atoms with E-state index in [4.69, 9.17) is 16.3 Å². The number of alkyl halides is 6. The number of hydrogen-bond donors (Lipinski definition) is 0. The third-order valence-electron chi connectivity index (χ3n) is 4.55. The lowest BCUT2D eigenvalue weighted by atomic mass is 9.96. The molecule has 162 valence electrons. The van der Waals surface area contributed by atoms with Crippen molar-refractivity contribution in [1.29, 1.82) is 0 Å². The number of carbonyl (C=O) groups excluding carboxylic acids is 1. The average Bonchev–Trinajstić information content (AvgIpc) is 2.64. The molecular weight excluding hydrogens is 443 g/mol. The highest BCUT2D eigenvalue weighted by atomic mass is 35.5. The molecule has 0 aromatic heterocycles. The van der Waals surface area contributed by atoms with Crippen LogP contribution in [0, 0.1) is 5.82 Å². The summed E-state index contributed by atoms with van der Waals surface area (Å²) in [4.78, 5) is 12.0. The number of nitrogens with zero attached hydrogens (tertiary/aromatic N) is 1. The smallest absolute Gasteiger partial charge is 0.471 e. The second kappa shape index (κ2) is 7.98. The van der Waals surface area contributed by atoms with Gasteiger partial charge in [-0.3, -0.25) is 4.79 Å². The van der Waals surface area contributed by atoms with Gasteiger partial charge in [0.15, 0.2) is 0 Å². The summed E-state index contributed by atoms with van der Waals surface area (Å²) in [7, 11) is 0. The Hall–Kier alpha value is -2.49. The van der Waals surface area contributed by atoms with E-state index in [9.17, 15) is 35.5 Å². The standard InChI is InChI=1S/C19H13ClF7NO2/c20-13-2-1-11(15(21)7-13)9-30-16-6-12-8-28(17(29)19(25,26)27)4-3-10(12)5-14(16)18(22,23)24/h1-2,5-7H,3-4,8-9H2. The molecule has 1 amide bonds. The number of halogens is 8. The molecule has 3 nitrogen and oxygen atoms in total. The summed E-state index contributed by atoms with van der Waals surface area (Å²) in [5, 5.41) is 0.0930. The SMILES string of the molecule is O=C(N1CCc2cc(C(F)(F)F)c(OCc3ccc(Cl)cc3F)cc2C1)C(F)(F)F. The van der Waals surface area contributed by atoms with Crippen LogP contribution in [0.3, 0.4) is 0 Å². The van der Waals surface area contributed by atoms with Gasteiger partial charge in [-0.05, 0) is 41.8 Å². The fraction of sp³-hybridized carbons (Fsp3) is 0.316. The van der Waals surface area contributed by atoms with Crippen molar-refractivity contribution in [3.63, 3.8) is 0 Å². The van der Waals surface area contributed by atoms with Gasteiger partial charge in [0.05, 0.1) is 5.56 Å². The van der Waals surface area contributed by atoms with Crippen LogP contribution in [0.25, 0.3) is 0 Å². The molecule has 1 aliphatic rings. The Bertz CT molecular complexity index is 973. The molecule has 0 N–H and O–H groups in total. The first-order chi connectivity index (χ1) is 13.9. The molecule has 11 heteroatoms. The molecule has 0 saturated carbocycles. The van der Waals surface area contributed by atoms with Crippen molar-refractivity contribution in [2.24, 2.45) is 0 Å². The molecule has 3 rings (SSSR count). The Kier molecular flexibility index (Phi) is 5.90. The lowest BCUT2D eigenvalue weighted by Crippen LogP contribution is -2.43. The number of hydrogen-bond acceptors (Lipinski definition) is 2. The number of amides is 1. The molecule has 0 aliphatic carbocycles. The third kappa shape index (κ3) is 4.80. The lowest BCUT2D eigenvalue weighted by Gasteiger charge is -2.30. The zero-order valence-corrected chi connectivity index (χ0v) is 15.8. The highest BCUT2D eigenvalue weighted by Crippen LogP contribution is 2.40. The van der Waals surface area contributed by atoms with Gasteiger partial charge >= 0.3 is 18.3 Å². The molecule has 0 unspecified atom stereocenters. The van der Waals surface area contributed by atoms with E-state index in [2.05, 4.69) is 0 Å². The lowest BCUT2D eigenvalue weighted by molar-refractivity contribution is -0.186. The van der Waals surface area contributed by atoms with Gasteiger partial charge in [-0.1, -0.05) is 17.7 Å². The van der Waals surface area contributed by atoms with Gasteiger partial charge in [-0.15, -0.1) is 0 Å². The van der Waals surface area contributed by atoms with Gasteiger partial charge < -0.3 is 9.64 Å². The first kappa shape index (κ1) is 22.2. The molecule has 2 aromatic carbocycles. The van der Waals surface area contributed by atoms with E-state index < -0.39 is 48.5 Å². The normalized spacial score (nSPS) is 14.5. The van der Waals surface area contributed by atoms with E-state index in [0.717, 1.165) is 18.2 Å².